The Morgan fingerprint density at radius 1 is 0.500 bits per heavy atom. The Bertz CT molecular complexity index is 2130. The highest BCUT2D eigenvalue weighted by atomic mass is 32.1. The second-order valence-corrected chi connectivity index (χ2v) is 11.5. The molecule has 6 aromatic carbocycles. The molecular weight excluding hydrogens is 505 g/mol. The van der Waals surface area contributed by atoms with Crippen molar-refractivity contribution in [1.82, 2.24) is 0 Å². The second-order valence-electron chi connectivity index (χ2n) is 10.5. The number of ether oxygens (including phenoxy) is 1. The molecular formula is C36H22BNOS. The van der Waals surface area contributed by atoms with Gasteiger partial charge in [0.1, 0.15) is 11.5 Å². The van der Waals surface area contributed by atoms with Crippen molar-refractivity contribution in [1.29, 1.82) is 0 Å². The summed E-state index contributed by atoms with van der Waals surface area (Å²) in [7, 11) is 0. The van der Waals surface area contributed by atoms with Crippen LogP contribution >= 0.6 is 11.3 Å². The Morgan fingerprint density at radius 2 is 1.15 bits per heavy atom. The lowest BCUT2D eigenvalue weighted by Crippen LogP contribution is -2.59. The van der Waals surface area contributed by atoms with Crippen LogP contribution in [0.15, 0.2) is 133 Å². The third-order valence-electron chi connectivity index (χ3n) is 8.35. The number of benzene rings is 6. The molecule has 0 unspecified atom stereocenters. The lowest BCUT2D eigenvalue weighted by atomic mass is 9.34. The van der Waals surface area contributed by atoms with E-state index < -0.39 is 0 Å². The number of rotatable bonds is 2. The minimum absolute atomic E-state index is 0.127. The maximum atomic E-state index is 6.50. The summed E-state index contributed by atoms with van der Waals surface area (Å²) in [5.74, 6) is 1.88. The van der Waals surface area contributed by atoms with Crippen LogP contribution in [0.3, 0.4) is 0 Å². The Morgan fingerprint density at radius 3 is 2.10 bits per heavy atom. The summed E-state index contributed by atoms with van der Waals surface area (Å²) in [6.45, 7) is 0.127. The first-order valence-electron chi connectivity index (χ1n) is 13.7. The van der Waals surface area contributed by atoms with Crippen molar-refractivity contribution in [2.45, 2.75) is 0 Å². The molecule has 186 valence electrons. The van der Waals surface area contributed by atoms with E-state index in [1.54, 1.807) is 0 Å². The van der Waals surface area contributed by atoms with Crippen LogP contribution in [0.4, 0.5) is 17.1 Å². The molecule has 0 spiro atoms. The Kier molecular flexibility index (Phi) is 4.61. The molecule has 0 saturated heterocycles. The van der Waals surface area contributed by atoms with Crippen LogP contribution in [-0.4, -0.2) is 6.71 Å². The molecule has 2 nitrogen and oxygen atoms in total. The Hall–Kier alpha value is -4.80. The smallest absolute Gasteiger partial charge is 0.256 e. The normalized spacial score (nSPS) is 13.1. The van der Waals surface area contributed by atoms with E-state index in [2.05, 4.69) is 138 Å². The van der Waals surface area contributed by atoms with Gasteiger partial charge >= 0.3 is 0 Å². The summed E-state index contributed by atoms with van der Waals surface area (Å²) in [6, 6.07) is 48.1. The first kappa shape index (κ1) is 22.1. The van der Waals surface area contributed by atoms with E-state index in [9.17, 15) is 0 Å². The van der Waals surface area contributed by atoms with Gasteiger partial charge in [-0.05, 0) is 52.8 Å². The Labute approximate surface area is 236 Å². The van der Waals surface area contributed by atoms with Crippen molar-refractivity contribution < 1.29 is 4.74 Å². The van der Waals surface area contributed by atoms with Crippen molar-refractivity contribution in [2.24, 2.45) is 0 Å². The fourth-order valence-corrected chi connectivity index (χ4v) is 7.93. The molecule has 4 heteroatoms. The number of hydrogen-bond donors (Lipinski definition) is 0. The van der Waals surface area contributed by atoms with Gasteiger partial charge < -0.3 is 9.64 Å². The van der Waals surface area contributed by atoms with Crippen molar-refractivity contribution in [3.8, 4) is 22.6 Å². The van der Waals surface area contributed by atoms with E-state index in [0.717, 1.165) is 11.5 Å². The minimum Gasteiger partial charge on any atom is -0.458 e. The summed E-state index contributed by atoms with van der Waals surface area (Å²) >= 11 is 1.88. The Balaban J connectivity index is 1.33. The third kappa shape index (κ3) is 3.00. The average molecular weight is 527 g/mol. The van der Waals surface area contributed by atoms with Gasteiger partial charge in [-0.1, -0.05) is 97.1 Å². The summed E-state index contributed by atoms with van der Waals surface area (Å²) in [5, 5.41) is 2.63. The maximum Gasteiger partial charge on any atom is 0.256 e. The summed E-state index contributed by atoms with van der Waals surface area (Å²) in [6.07, 6.45) is 0. The highest BCUT2D eigenvalue weighted by Crippen LogP contribution is 2.47. The van der Waals surface area contributed by atoms with Crippen LogP contribution in [-0.2, 0) is 0 Å². The molecule has 0 N–H and O–H groups in total. The molecule has 3 heterocycles. The van der Waals surface area contributed by atoms with Crippen molar-refractivity contribution in [2.75, 3.05) is 4.90 Å². The molecule has 0 fully saturated rings. The molecule has 7 aromatic rings. The fourth-order valence-electron chi connectivity index (χ4n) is 6.70. The molecule has 0 amide bonds. The van der Waals surface area contributed by atoms with Gasteiger partial charge in [0.25, 0.3) is 6.71 Å². The van der Waals surface area contributed by atoms with Gasteiger partial charge in [0.05, 0.1) is 5.69 Å². The van der Waals surface area contributed by atoms with Gasteiger partial charge in [-0.2, -0.15) is 0 Å². The van der Waals surface area contributed by atoms with Gasteiger partial charge in [0, 0.05) is 42.7 Å². The number of thiophene rings is 1. The standard InChI is InChI=1S/C36H22BNOS/c1-5-17-29(23(11-1)25-13-9-14-26-24-12-2-8-22-34(24)40-36(25)26)38-30-18-6-3-15-27(30)37-28-16-4-7-20-32(28)39-33-21-10-19-31(38)35(33)37/h1-22H. The number of fused-ring (bicyclic) bond motifs is 7. The largest absolute Gasteiger partial charge is 0.458 e. The van der Waals surface area contributed by atoms with Crippen LogP contribution in [0, 0.1) is 0 Å². The zero-order valence-corrected chi connectivity index (χ0v) is 22.4. The number of hydrogen-bond acceptors (Lipinski definition) is 3. The first-order valence-corrected chi connectivity index (χ1v) is 14.5. The summed E-state index contributed by atoms with van der Waals surface area (Å²) in [4.78, 5) is 2.45. The van der Waals surface area contributed by atoms with E-state index in [0.29, 0.717) is 0 Å². The molecule has 2 aliphatic rings. The van der Waals surface area contributed by atoms with Gasteiger partial charge in [0.15, 0.2) is 0 Å². The molecule has 0 saturated carbocycles. The van der Waals surface area contributed by atoms with Gasteiger partial charge in [-0.25, -0.2) is 0 Å². The third-order valence-corrected chi connectivity index (χ3v) is 9.57. The van der Waals surface area contributed by atoms with Crippen LogP contribution in [0.1, 0.15) is 0 Å². The molecule has 0 atom stereocenters. The average Bonchev–Trinajstić information content (AvgIpc) is 3.40. The quantitative estimate of drug-likeness (QED) is 0.211. The zero-order chi connectivity index (χ0) is 26.2. The number of anilines is 3. The SMILES string of the molecule is c1ccc2c(c1)Oc1cccc3c1B2c1ccccc1N3c1ccccc1-c1cccc2c1sc1ccccc12. The molecule has 9 rings (SSSR count). The minimum atomic E-state index is 0.127. The van der Waals surface area contributed by atoms with Crippen LogP contribution < -0.4 is 26.0 Å². The number of nitrogens with zero attached hydrogens (tertiary/aromatic N) is 1. The van der Waals surface area contributed by atoms with Crippen LogP contribution in [0.5, 0.6) is 11.5 Å². The van der Waals surface area contributed by atoms with Crippen molar-refractivity contribution >= 4 is 71.7 Å². The highest BCUT2D eigenvalue weighted by molar-refractivity contribution is 7.26. The van der Waals surface area contributed by atoms with Gasteiger partial charge in [-0.3, -0.25) is 0 Å². The van der Waals surface area contributed by atoms with E-state index >= 15 is 0 Å². The van der Waals surface area contributed by atoms with Crippen molar-refractivity contribution in [3.63, 3.8) is 0 Å². The molecule has 0 bridgehead atoms. The molecule has 0 aliphatic carbocycles. The topological polar surface area (TPSA) is 12.5 Å². The molecule has 1 aromatic heterocycles. The van der Waals surface area contributed by atoms with Crippen LogP contribution in [0.25, 0.3) is 31.3 Å². The summed E-state index contributed by atoms with van der Waals surface area (Å²) < 4.78 is 9.15. The molecule has 0 radical (unpaired) electrons. The lowest BCUT2D eigenvalue weighted by Gasteiger charge is -2.40. The van der Waals surface area contributed by atoms with Crippen molar-refractivity contribution in [3.05, 3.63) is 133 Å². The maximum absolute atomic E-state index is 6.50. The number of para-hydroxylation sites is 3. The first-order chi connectivity index (χ1) is 19.9. The van der Waals surface area contributed by atoms with E-state index in [4.69, 9.17) is 4.74 Å². The van der Waals surface area contributed by atoms with Crippen LogP contribution in [0.2, 0.25) is 0 Å². The lowest BCUT2D eigenvalue weighted by molar-refractivity contribution is 0.487. The molecule has 40 heavy (non-hydrogen) atoms. The van der Waals surface area contributed by atoms with E-state index in [-0.39, 0.29) is 6.71 Å². The monoisotopic (exact) mass is 527 g/mol. The predicted octanol–water partition coefficient (Wildman–Crippen LogP) is 8.13. The van der Waals surface area contributed by atoms with E-state index in [1.165, 1.54) is 64.7 Å². The predicted molar refractivity (Wildman–Crippen MR) is 171 cm³/mol. The fraction of sp³-hybridized carbons (Fsp3) is 0. The van der Waals surface area contributed by atoms with Gasteiger partial charge in [-0.15, -0.1) is 11.3 Å². The molecule has 2 aliphatic heterocycles. The van der Waals surface area contributed by atoms with E-state index in [1.807, 2.05) is 11.3 Å². The highest BCUT2D eigenvalue weighted by Gasteiger charge is 2.41. The summed E-state index contributed by atoms with van der Waals surface area (Å²) in [5.41, 5.74) is 9.80. The van der Waals surface area contributed by atoms with Gasteiger partial charge in [0.2, 0.25) is 0 Å². The second kappa shape index (κ2) is 8.35. The zero-order valence-electron chi connectivity index (χ0n) is 21.5.